The number of carbonyl (C=O) groups excluding carboxylic acids is 1. The highest BCUT2D eigenvalue weighted by Crippen LogP contribution is 2.23. The van der Waals surface area contributed by atoms with E-state index in [4.69, 9.17) is 4.74 Å². The Morgan fingerprint density at radius 2 is 2.69 bits per heavy atom. The van der Waals surface area contributed by atoms with Gasteiger partial charge in [-0.15, -0.1) is 0 Å². The van der Waals surface area contributed by atoms with Gasteiger partial charge in [-0.3, -0.25) is 4.79 Å². The van der Waals surface area contributed by atoms with E-state index in [9.17, 15) is 4.79 Å². The number of imidazole rings is 1. The molecule has 0 spiro atoms. The number of nitrogens with zero attached hydrogens (tertiary/aromatic N) is 1. The molecule has 0 radical (unpaired) electrons. The lowest BCUT2D eigenvalue weighted by Crippen LogP contribution is -2.16. The van der Waals surface area contributed by atoms with Gasteiger partial charge in [-0.05, 0) is 0 Å². The van der Waals surface area contributed by atoms with Gasteiger partial charge in [0.05, 0.1) is 18.5 Å². The number of rotatable bonds is 2. The molecule has 1 aliphatic heterocycles. The van der Waals surface area contributed by atoms with Crippen molar-refractivity contribution in [1.29, 1.82) is 0 Å². The Morgan fingerprint density at radius 3 is 3.31 bits per heavy atom. The second-order valence-corrected chi connectivity index (χ2v) is 3.93. The molecule has 0 amide bonds. The number of aldehydes is 1. The first kappa shape index (κ1) is 8.77. The van der Waals surface area contributed by atoms with Crippen molar-refractivity contribution < 1.29 is 9.53 Å². The second kappa shape index (κ2) is 3.93. The van der Waals surface area contributed by atoms with E-state index in [1.807, 2.05) is 11.8 Å². The molecule has 70 valence electrons. The Morgan fingerprint density at radius 1 is 1.77 bits per heavy atom. The van der Waals surface area contributed by atoms with E-state index in [0.717, 1.165) is 30.2 Å². The van der Waals surface area contributed by atoms with Crippen molar-refractivity contribution in [3.05, 3.63) is 17.7 Å². The van der Waals surface area contributed by atoms with E-state index >= 15 is 0 Å². The highest BCUT2D eigenvalue weighted by atomic mass is 32.2. The molecule has 0 aliphatic carbocycles. The molecule has 0 bridgehead atoms. The highest BCUT2D eigenvalue weighted by Gasteiger charge is 2.18. The lowest BCUT2D eigenvalue weighted by Gasteiger charge is -2.19. The number of ether oxygens (including phenoxy) is 1. The lowest BCUT2D eigenvalue weighted by molar-refractivity contribution is 0.0700. The standard InChI is InChI=1S/C8H10N2O2S/c11-4-6-3-9-8(10-6)7-5-13-2-1-12-7/h3-4,7H,1-2,5H2,(H,9,10). The van der Waals surface area contributed by atoms with Gasteiger partial charge in [0.15, 0.2) is 6.29 Å². The van der Waals surface area contributed by atoms with Crippen molar-refractivity contribution in [2.24, 2.45) is 0 Å². The summed E-state index contributed by atoms with van der Waals surface area (Å²) >= 11 is 1.84. The summed E-state index contributed by atoms with van der Waals surface area (Å²) in [6.45, 7) is 0.756. The molecule has 13 heavy (non-hydrogen) atoms. The normalized spacial score (nSPS) is 22.9. The average molecular weight is 198 g/mol. The molecule has 1 aromatic heterocycles. The monoisotopic (exact) mass is 198 g/mol. The van der Waals surface area contributed by atoms with E-state index in [1.54, 1.807) is 0 Å². The zero-order valence-corrected chi connectivity index (χ0v) is 7.84. The van der Waals surface area contributed by atoms with Crippen LogP contribution < -0.4 is 0 Å². The van der Waals surface area contributed by atoms with Crippen molar-refractivity contribution in [3.8, 4) is 0 Å². The van der Waals surface area contributed by atoms with Crippen molar-refractivity contribution in [1.82, 2.24) is 9.97 Å². The molecule has 2 rings (SSSR count). The molecule has 5 heteroatoms. The first-order valence-corrected chi connectivity index (χ1v) is 5.25. The Balaban J connectivity index is 2.09. The van der Waals surface area contributed by atoms with E-state index in [1.165, 1.54) is 6.20 Å². The smallest absolute Gasteiger partial charge is 0.167 e. The van der Waals surface area contributed by atoms with Gasteiger partial charge in [0.2, 0.25) is 0 Å². The van der Waals surface area contributed by atoms with Gasteiger partial charge in [0.25, 0.3) is 0 Å². The fourth-order valence-corrected chi connectivity index (χ4v) is 2.07. The maximum Gasteiger partial charge on any atom is 0.167 e. The van der Waals surface area contributed by atoms with Gasteiger partial charge in [0, 0.05) is 11.5 Å². The number of hydrogen-bond donors (Lipinski definition) is 1. The van der Waals surface area contributed by atoms with E-state index in [0.29, 0.717) is 5.69 Å². The maximum atomic E-state index is 10.4. The number of aromatic nitrogens is 2. The van der Waals surface area contributed by atoms with Gasteiger partial charge in [-0.25, -0.2) is 4.98 Å². The topological polar surface area (TPSA) is 55.0 Å². The Hall–Kier alpha value is -0.810. The quantitative estimate of drug-likeness (QED) is 0.721. The summed E-state index contributed by atoms with van der Waals surface area (Å²) in [5.41, 5.74) is 0.508. The second-order valence-electron chi connectivity index (χ2n) is 2.78. The first-order chi connectivity index (χ1) is 6.40. The average Bonchev–Trinajstić information content (AvgIpc) is 2.67. The van der Waals surface area contributed by atoms with Crippen LogP contribution in [0.4, 0.5) is 0 Å². The van der Waals surface area contributed by atoms with E-state index in [-0.39, 0.29) is 6.10 Å². The number of aromatic amines is 1. The molecule has 2 heterocycles. The van der Waals surface area contributed by atoms with Crippen LogP contribution in [0.3, 0.4) is 0 Å². The third kappa shape index (κ3) is 1.92. The molecule has 1 saturated heterocycles. The van der Waals surface area contributed by atoms with Crippen LogP contribution in [0.5, 0.6) is 0 Å². The Kier molecular flexibility index (Phi) is 2.65. The van der Waals surface area contributed by atoms with Crippen LogP contribution >= 0.6 is 11.8 Å². The minimum Gasteiger partial charge on any atom is -0.369 e. The van der Waals surface area contributed by atoms with Crippen molar-refractivity contribution in [3.63, 3.8) is 0 Å². The summed E-state index contributed by atoms with van der Waals surface area (Å²) in [7, 11) is 0. The molecule has 0 saturated carbocycles. The zero-order chi connectivity index (χ0) is 9.10. The Bertz CT molecular complexity index is 294. The lowest BCUT2D eigenvalue weighted by atomic mass is 10.4. The Labute approximate surface area is 80.1 Å². The largest absolute Gasteiger partial charge is 0.369 e. The van der Waals surface area contributed by atoms with Gasteiger partial charge in [0.1, 0.15) is 11.9 Å². The minimum absolute atomic E-state index is 0.0208. The summed E-state index contributed by atoms with van der Waals surface area (Å²) < 4.78 is 5.49. The van der Waals surface area contributed by atoms with Gasteiger partial charge < -0.3 is 9.72 Å². The number of hydrogen-bond acceptors (Lipinski definition) is 4. The molecule has 1 atom stereocenters. The fourth-order valence-electron chi connectivity index (χ4n) is 1.22. The van der Waals surface area contributed by atoms with Crippen LogP contribution in [0.15, 0.2) is 6.20 Å². The molecular weight excluding hydrogens is 188 g/mol. The summed E-state index contributed by atoms with van der Waals surface area (Å²) in [5, 5.41) is 0. The molecule has 4 nitrogen and oxygen atoms in total. The zero-order valence-electron chi connectivity index (χ0n) is 7.03. The van der Waals surface area contributed by atoms with Crippen LogP contribution in [-0.4, -0.2) is 34.4 Å². The summed E-state index contributed by atoms with van der Waals surface area (Å²) in [5.74, 6) is 2.71. The predicted octanol–water partition coefficient (Wildman–Crippen LogP) is 1.03. The van der Waals surface area contributed by atoms with Crippen LogP contribution in [0.25, 0.3) is 0 Å². The van der Waals surface area contributed by atoms with Gasteiger partial charge in [-0.1, -0.05) is 0 Å². The summed E-state index contributed by atoms with van der Waals surface area (Å²) in [6.07, 6.45) is 2.31. The molecule has 1 unspecified atom stereocenters. The number of carbonyl (C=O) groups is 1. The van der Waals surface area contributed by atoms with Crippen molar-refractivity contribution in [2.75, 3.05) is 18.1 Å². The summed E-state index contributed by atoms with van der Waals surface area (Å²) in [6, 6.07) is 0. The number of thioether (sulfide) groups is 1. The molecule has 0 aromatic carbocycles. The molecular formula is C8H10N2O2S. The van der Waals surface area contributed by atoms with Crippen LogP contribution in [0, 0.1) is 0 Å². The first-order valence-electron chi connectivity index (χ1n) is 4.09. The van der Waals surface area contributed by atoms with Crippen molar-refractivity contribution in [2.45, 2.75) is 6.10 Å². The fraction of sp³-hybridized carbons (Fsp3) is 0.500. The highest BCUT2D eigenvalue weighted by molar-refractivity contribution is 7.99. The number of H-pyrrole nitrogens is 1. The van der Waals surface area contributed by atoms with E-state index in [2.05, 4.69) is 9.97 Å². The molecule has 1 N–H and O–H groups in total. The van der Waals surface area contributed by atoms with Crippen LogP contribution in [0.2, 0.25) is 0 Å². The predicted molar refractivity (Wildman–Crippen MR) is 50.0 cm³/mol. The van der Waals surface area contributed by atoms with E-state index < -0.39 is 0 Å². The SMILES string of the molecule is O=Cc1cnc(C2CSCCO2)[nH]1. The van der Waals surface area contributed by atoms with Gasteiger partial charge in [-0.2, -0.15) is 11.8 Å². The van der Waals surface area contributed by atoms with Crippen LogP contribution in [0.1, 0.15) is 22.4 Å². The summed E-state index contributed by atoms with van der Waals surface area (Å²) in [4.78, 5) is 17.4. The third-order valence-corrected chi connectivity index (χ3v) is 2.86. The minimum atomic E-state index is 0.0208. The van der Waals surface area contributed by atoms with Crippen LogP contribution in [-0.2, 0) is 4.74 Å². The molecule has 1 fully saturated rings. The third-order valence-electron chi connectivity index (χ3n) is 1.86. The van der Waals surface area contributed by atoms with Crippen molar-refractivity contribution >= 4 is 18.0 Å². The molecule has 1 aromatic rings. The molecule has 1 aliphatic rings. The van der Waals surface area contributed by atoms with Gasteiger partial charge >= 0.3 is 0 Å². The number of nitrogens with one attached hydrogen (secondary N) is 1. The maximum absolute atomic E-state index is 10.4.